The van der Waals surface area contributed by atoms with Gasteiger partial charge in [-0.2, -0.15) is 0 Å². The van der Waals surface area contributed by atoms with Crippen molar-refractivity contribution in [3.05, 3.63) is 29.3 Å². The van der Waals surface area contributed by atoms with Crippen LogP contribution in [0.5, 0.6) is 5.75 Å². The summed E-state index contributed by atoms with van der Waals surface area (Å²) in [7, 11) is 1.56. The zero-order chi connectivity index (χ0) is 10.6. The third kappa shape index (κ3) is 2.48. The number of Topliss-reactive ketones (excluding diaryl/α,β-unsaturated/α-hetero) is 1. The Labute approximate surface area is 88.8 Å². The quantitative estimate of drug-likeness (QED) is 0.567. The van der Waals surface area contributed by atoms with Crippen LogP contribution in [-0.2, 0) is 0 Å². The molecule has 1 aromatic carbocycles. The lowest BCUT2D eigenvalue weighted by atomic mass is 10.1. The van der Waals surface area contributed by atoms with E-state index in [1.807, 2.05) is 19.1 Å². The molecule has 76 valence electrons. The third-order valence-corrected chi connectivity index (χ3v) is 2.17. The molecule has 0 fully saturated rings. The summed E-state index contributed by atoms with van der Waals surface area (Å²) in [6, 6.07) is 5.52. The summed E-state index contributed by atoms with van der Waals surface area (Å²) in [6.07, 6.45) is 0.348. The van der Waals surface area contributed by atoms with E-state index in [-0.39, 0.29) is 5.78 Å². The van der Waals surface area contributed by atoms with Crippen molar-refractivity contribution >= 4 is 17.4 Å². The summed E-state index contributed by atoms with van der Waals surface area (Å²) in [4.78, 5) is 11.6. The number of rotatable bonds is 4. The molecular weight excluding hydrogens is 200 g/mol. The number of benzene rings is 1. The molecule has 0 saturated heterocycles. The fourth-order valence-corrected chi connectivity index (χ4v) is 1.42. The molecule has 0 aliphatic rings. The van der Waals surface area contributed by atoms with Crippen LogP contribution in [0.3, 0.4) is 0 Å². The van der Waals surface area contributed by atoms with E-state index in [1.54, 1.807) is 13.2 Å². The third-order valence-electron chi connectivity index (χ3n) is 1.98. The summed E-state index contributed by atoms with van der Waals surface area (Å²) < 4.78 is 5.13. The van der Waals surface area contributed by atoms with Crippen molar-refractivity contribution in [1.29, 1.82) is 0 Å². The number of carbonyl (C=O) groups is 1. The smallest absolute Gasteiger partial charge is 0.167 e. The molecule has 1 aromatic rings. The van der Waals surface area contributed by atoms with Crippen LogP contribution in [0.1, 0.15) is 22.3 Å². The van der Waals surface area contributed by atoms with Crippen molar-refractivity contribution in [3.8, 4) is 5.75 Å². The second kappa shape index (κ2) is 5.01. The van der Waals surface area contributed by atoms with Crippen LogP contribution in [0.2, 0.25) is 0 Å². The van der Waals surface area contributed by atoms with E-state index in [9.17, 15) is 4.79 Å². The average Bonchev–Trinajstić information content (AvgIpc) is 2.17. The fraction of sp³-hybridized carbons (Fsp3) is 0.364. The van der Waals surface area contributed by atoms with E-state index >= 15 is 0 Å². The highest BCUT2D eigenvalue weighted by Crippen LogP contribution is 2.21. The maximum atomic E-state index is 11.6. The van der Waals surface area contributed by atoms with Crippen molar-refractivity contribution in [3.63, 3.8) is 0 Å². The fourth-order valence-electron chi connectivity index (χ4n) is 1.25. The summed E-state index contributed by atoms with van der Waals surface area (Å²) in [5.74, 6) is 0.993. The lowest BCUT2D eigenvalue weighted by molar-refractivity contribution is 0.0986. The molecule has 0 aromatic heterocycles. The Morgan fingerprint density at radius 1 is 1.50 bits per heavy atom. The largest absolute Gasteiger partial charge is 0.496 e. The monoisotopic (exact) mass is 212 g/mol. The Bertz CT molecular complexity index is 334. The van der Waals surface area contributed by atoms with Crippen LogP contribution in [-0.4, -0.2) is 18.8 Å². The number of ketones is 1. The van der Waals surface area contributed by atoms with E-state index in [0.717, 1.165) is 5.56 Å². The highest BCUT2D eigenvalue weighted by Gasteiger charge is 2.10. The van der Waals surface area contributed by atoms with Gasteiger partial charge in [-0.05, 0) is 24.6 Å². The summed E-state index contributed by atoms with van der Waals surface area (Å²) in [5.41, 5.74) is 1.68. The highest BCUT2D eigenvalue weighted by atomic mass is 35.5. The van der Waals surface area contributed by atoms with E-state index in [4.69, 9.17) is 16.3 Å². The van der Waals surface area contributed by atoms with Crippen molar-refractivity contribution in [2.24, 2.45) is 0 Å². The molecular formula is C11H13ClO2. The molecule has 0 saturated carbocycles. The first-order valence-electron chi connectivity index (χ1n) is 4.43. The number of aryl methyl sites for hydroxylation is 1. The van der Waals surface area contributed by atoms with Gasteiger partial charge in [0.25, 0.3) is 0 Å². The topological polar surface area (TPSA) is 26.3 Å². The molecule has 0 bridgehead atoms. The molecule has 0 aliphatic heterocycles. The molecule has 0 amide bonds. The molecule has 1 rings (SSSR count). The van der Waals surface area contributed by atoms with Gasteiger partial charge in [0.05, 0.1) is 12.7 Å². The van der Waals surface area contributed by atoms with Gasteiger partial charge >= 0.3 is 0 Å². The molecule has 0 aliphatic carbocycles. The minimum atomic E-state index is 0.0249. The van der Waals surface area contributed by atoms with E-state index in [2.05, 4.69) is 0 Å². The van der Waals surface area contributed by atoms with E-state index in [0.29, 0.717) is 23.6 Å². The van der Waals surface area contributed by atoms with Crippen LogP contribution >= 0.6 is 11.6 Å². The van der Waals surface area contributed by atoms with Gasteiger partial charge in [-0.1, -0.05) is 6.07 Å². The first-order valence-corrected chi connectivity index (χ1v) is 4.96. The Hall–Kier alpha value is -1.02. The maximum Gasteiger partial charge on any atom is 0.167 e. The standard InChI is InChI=1S/C11H13ClO2/c1-8-3-4-9(10(13)5-6-12)11(7-8)14-2/h3-4,7H,5-6H2,1-2H3. The molecule has 0 atom stereocenters. The number of alkyl halides is 1. The van der Waals surface area contributed by atoms with Crippen molar-refractivity contribution in [2.45, 2.75) is 13.3 Å². The second-order valence-corrected chi connectivity index (χ2v) is 3.44. The van der Waals surface area contributed by atoms with Gasteiger partial charge in [-0.3, -0.25) is 4.79 Å². The van der Waals surface area contributed by atoms with Crippen molar-refractivity contribution < 1.29 is 9.53 Å². The maximum absolute atomic E-state index is 11.6. The van der Waals surface area contributed by atoms with E-state index < -0.39 is 0 Å². The molecule has 3 heteroatoms. The van der Waals surface area contributed by atoms with Gasteiger partial charge in [-0.25, -0.2) is 0 Å². The number of methoxy groups -OCH3 is 1. The lowest BCUT2D eigenvalue weighted by Gasteiger charge is -2.07. The van der Waals surface area contributed by atoms with Crippen LogP contribution in [0.4, 0.5) is 0 Å². The SMILES string of the molecule is COc1cc(C)ccc1C(=O)CCCl. The summed E-state index contributed by atoms with van der Waals surface area (Å²) in [5, 5.41) is 0. The minimum absolute atomic E-state index is 0.0249. The highest BCUT2D eigenvalue weighted by molar-refractivity contribution is 6.19. The van der Waals surface area contributed by atoms with Gasteiger partial charge in [0.2, 0.25) is 0 Å². The second-order valence-electron chi connectivity index (χ2n) is 3.07. The van der Waals surface area contributed by atoms with Crippen molar-refractivity contribution in [2.75, 3.05) is 13.0 Å². The van der Waals surface area contributed by atoms with Gasteiger partial charge in [0.15, 0.2) is 5.78 Å². The average molecular weight is 213 g/mol. The summed E-state index contributed by atoms with van der Waals surface area (Å²) >= 11 is 5.51. The molecule has 0 unspecified atom stereocenters. The number of carbonyl (C=O) groups excluding carboxylic acids is 1. The normalized spacial score (nSPS) is 9.93. The van der Waals surface area contributed by atoms with Crippen LogP contribution < -0.4 is 4.74 Å². The minimum Gasteiger partial charge on any atom is -0.496 e. The van der Waals surface area contributed by atoms with Crippen LogP contribution in [0, 0.1) is 6.92 Å². The van der Waals surface area contributed by atoms with Gasteiger partial charge in [0, 0.05) is 12.3 Å². The Balaban J connectivity index is 3.01. The van der Waals surface area contributed by atoms with Crippen molar-refractivity contribution in [1.82, 2.24) is 0 Å². The molecule has 14 heavy (non-hydrogen) atoms. The molecule has 0 spiro atoms. The Kier molecular flexibility index (Phi) is 3.96. The molecule has 0 radical (unpaired) electrons. The first kappa shape index (κ1) is 11.1. The van der Waals surface area contributed by atoms with E-state index in [1.165, 1.54) is 0 Å². The van der Waals surface area contributed by atoms with Crippen LogP contribution in [0.25, 0.3) is 0 Å². The first-order chi connectivity index (χ1) is 6.69. The number of halogens is 1. The predicted molar refractivity (Wildman–Crippen MR) is 57.4 cm³/mol. The number of hydrogen-bond donors (Lipinski definition) is 0. The Morgan fingerprint density at radius 2 is 2.21 bits per heavy atom. The van der Waals surface area contributed by atoms with Gasteiger partial charge in [0.1, 0.15) is 5.75 Å². The van der Waals surface area contributed by atoms with Gasteiger partial charge < -0.3 is 4.74 Å². The number of ether oxygens (including phenoxy) is 1. The van der Waals surface area contributed by atoms with Gasteiger partial charge in [-0.15, -0.1) is 11.6 Å². The lowest BCUT2D eigenvalue weighted by Crippen LogP contribution is -2.02. The zero-order valence-corrected chi connectivity index (χ0v) is 9.10. The molecule has 2 nitrogen and oxygen atoms in total. The summed E-state index contributed by atoms with van der Waals surface area (Å²) in [6.45, 7) is 1.96. The number of hydrogen-bond acceptors (Lipinski definition) is 2. The molecule has 0 heterocycles. The van der Waals surface area contributed by atoms with Crippen LogP contribution in [0.15, 0.2) is 18.2 Å². The Morgan fingerprint density at radius 3 is 2.79 bits per heavy atom. The molecule has 0 N–H and O–H groups in total. The predicted octanol–water partition coefficient (Wildman–Crippen LogP) is 2.82. The zero-order valence-electron chi connectivity index (χ0n) is 8.34.